The SMILES string of the molecule is O=C(NC(c1ccsc1)c1cccc(F)c1)O[C@H]1C[N+]2(CCCOc3ccccc3)CCC1CC2. The van der Waals surface area contributed by atoms with Crippen LogP contribution in [-0.2, 0) is 4.74 Å². The molecule has 3 saturated heterocycles. The van der Waals surface area contributed by atoms with E-state index < -0.39 is 12.1 Å². The van der Waals surface area contributed by atoms with Gasteiger partial charge in [0.1, 0.15) is 18.1 Å². The molecule has 0 radical (unpaired) electrons. The van der Waals surface area contributed by atoms with Crippen LogP contribution in [0.4, 0.5) is 9.18 Å². The van der Waals surface area contributed by atoms with E-state index in [9.17, 15) is 9.18 Å². The van der Waals surface area contributed by atoms with Crippen molar-refractivity contribution in [3.8, 4) is 5.75 Å². The summed E-state index contributed by atoms with van der Waals surface area (Å²) in [5.74, 6) is 0.995. The number of hydrogen-bond acceptors (Lipinski definition) is 4. The Balaban J connectivity index is 1.18. The lowest BCUT2D eigenvalue weighted by atomic mass is 9.83. The lowest BCUT2D eigenvalue weighted by Gasteiger charge is -2.52. The quantitative estimate of drug-likeness (QED) is 0.302. The van der Waals surface area contributed by atoms with Gasteiger partial charge in [-0.15, -0.1) is 0 Å². The Hall–Kier alpha value is -2.90. The van der Waals surface area contributed by atoms with Gasteiger partial charge in [0, 0.05) is 25.2 Å². The zero-order chi connectivity index (χ0) is 24.1. The maximum atomic E-state index is 13.9. The van der Waals surface area contributed by atoms with Crippen LogP contribution < -0.4 is 10.1 Å². The molecule has 1 aromatic heterocycles. The highest BCUT2D eigenvalue weighted by Gasteiger charge is 2.47. The molecule has 1 unspecified atom stereocenters. The molecule has 1 amide bonds. The molecule has 184 valence electrons. The maximum absolute atomic E-state index is 13.9. The standard InChI is InChI=1S/C28H31FN2O3S/c29-24-7-4-6-22(18-24)27(23-12-17-35-20-23)30-28(32)34-26-19-31(14-10-21(26)11-15-31)13-5-16-33-25-8-2-1-3-9-25/h1-4,6-9,12,17-18,20-21,26-27H,5,10-11,13-16,19H2/p+1/t21?,26-,27?,31?/m0/s1. The number of quaternary nitrogens is 1. The van der Waals surface area contributed by atoms with Gasteiger partial charge in [-0.3, -0.25) is 0 Å². The Bertz CT molecular complexity index is 1100. The molecule has 2 atom stereocenters. The third kappa shape index (κ3) is 5.85. The summed E-state index contributed by atoms with van der Waals surface area (Å²) in [4.78, 5) is 13.0. The van der Waals surface area contributed by atoms with E-state index in [1.165, 1.54) is 12.1 Å². The third-order valence-electron chi connectivity index (χ3n) is 7.41. The Morgan fingerprint density at radius 2 is 1.91 bits per heavy atom. The number of thiophene rings is 1. The number of benzene rings is 2. The molecular formula is C28H32FN2O3S+. The van der Waals surface area contributed by atoms with Crippen LogP contribution in [0.15, 0.2) is 71.4 Å². The highest BCUT2D eigenvalue weighted by atomic mass is 32.1. The second-order valence-electron chi connectivity index (χ2n) is 9.68. The zero-order valence-electron chi connectivity index (χ0n) is 19.8. The van der Waals surface area contributed by atoms with Crippen molar-refractivity contribution in [2.24, 2.45) is 5.92 Å². The molecule has 7 heteroatoms. The van der Waals surface area contributed by atoms with Crippen LogP contribution in [0.25, 0.3) is 0 Å². The predicted molar refractivity (Wildman–Crippen MR) is 135 cm³/mol. The molecule has 5 nitrogen and oxygen atoms in total. The van der Waals surface area contributed by atoms with Crippen molar-refractivity contribution in [1.29, 1.82) is 0 Å². The number of ether oxygens (including phenoxy) is 2. The minimum absolute atomic E-state index is 0.0943. The zero-order valence-corrected chi connectivity index (χ0v) is 20.6. The van der Waals surface area contributed by atoms with Crippen LogP contribution in [-0.4, -0.2) is 49.5 Å². The Kier molecular flexibility index (Phi) is 7.35. The monoisotopic (exact) mass is 495 g/mol. The van der Waals surface area contributed by atoms with Crippen LogP contribution in [0.1, 0.15) is 36.4 Å². The van der Waals surface area contributed by atoms with Crippen LogP contribution >= 0.6 is 11.3 Å². The van der Waals surface area contributed by atoms with Gasteiger partial charge in [0.05, 0.1) is 32.3 Å². The van der Waals surface area contributed by atoms with Gasteiger partial charge in [-0.25, -0.2) is 9.18 Å². The fraction of sp³-hybridized carbons (Fsp3) is 0.393. The van der Waals surface area contributed by atoms with Gasteiger partial charge in [0.25, 0.3) is 0 Å². The first kappa shape index (κ1) is 23.8. The molecule has 3 aromatic rings. The largest absolute Gasteiger partial charge is 0.493 e. The summed E-state index contributed by atoms with van der Waals surface area (Å²) in [6.45, 7) is 4.85. The minimum Gasteiger partial charge on any atom is -0.493 e. The molecule has 0 spiro atoms. The van der Waals surface area contributed by atoms with Crippen molar-refractivity contribution < 1.29 is 23.1 Å². The van der Waals surface area contributed by atoms with Gasteiger partial charge in [-0.05, 0) is 52.2 Å². The third-order valence-corrected chi connectivity index (χ3v) is 8.11. The lowest BCUT2D eigenvalue weighted by molar-refractivity contribution is -0.946. The van der Waals surface area contributed by atoms with Crippen LogP contribution in [0, 0.1) is 11.7 Å². The molecular weight excluding hydrogens is 463 g/mol. The van der Waals surface area contributed by atoms with E-state index in [4.69, 9.17) is 9.47 Å². The molecule has 6 rings (SSSR count). The summed E-state index contributed by atoms with van der Waals surface area (Å²) < 4.78 is 26.8. The van der Waals surface area contributed by atoms with E-state index in [-0.39, 0.29) is 11.9 Å². The van der Waals surface area contributed by atoms with Crippen molar-refractivity contribution >= 4 is 17.4 Å². The smallest absolute Gasteiger partial charge is 0.408 e. The first-order chi connectivity index (χ1) is 17.1. The number of carbonyl (C=O) groups excluding carboxylic acids is 1. The molecule has 1 N–H and O–H groups in total. The molecule has 4 heterocycles. The second-order valence-corrected chi connectivity index (χ2v) is 10.5. The molecule has 0 aliphatic carbocycles. The number of halogens is 1. The van der Waals surface area contributed by atoms with Gasteiger partial charge in [-0.2, -0.15) is 11.3 Å². The summed E-state index contributed by atoms with van der Waals surface area (Å²) in [5.41, 5.74) is 1.63. The van der Waals surface area contributed by atoms with Crippen LogP contribution in [0.2, 0.25) is 0 Å². The first-order valence-electron chi connectivity index (χ1n) is 12.4. The number of para-hydroxylation sites is 1. The number of alkyl carbamates (subject to hydrolysis) is 1. The molecule has 2 bridgehead atoms. The van der Waals surface area contributed by atoms with Gasteiger partial charge in [0.2, 0.25) is 0 Å². The van der Waals surface area contributed by atoms with Gasteiger partial charge < -0.3 is 19.3 Å². The van der Waals surface area contributed by atoms with E-state index in [0.717, 1.165) is 61.2 Å². The summed E-state index contributed by atoms with van der Waals surface area (Å²) >= 11 is 1.55. The van der Waals surface area contributed by atoms with Crippen molar-refractivity contribution in [1.82, 2.24) is 5.32 Å². The van der Waals surface area contributed by atoms with Crippen LogP contribution in [0.3, 0.4) is 0 Å². The van der Waals surface area contributed by atoms with Gasteiger partial charge in [-0.1, -0.05) is 30.3 Å². The van der Waals surface area contributed by atoms with Crippen LogP contribution in [0.5, 0.6) is 5.75 Å². The molecule has 35 heavy (non-hydrogen) atoms. The van der Waals surface area contributed by atoms with Gasteiger partial charge >= 0.3 is 6.09 Å². The summed E-state index contributed by atoms with van der Waals surface area (Å²) in [6.07, 6.45) is 2.60. The number of carbonyl (C=O) groups is 1. The van der Waals surface area contributed by atoms with E-state index in [0.29, 0.717) is 18.1 Å². The highest BCUT2D eigenvalue weighted by molar-refractivity contribution is 7.08. The van der Waals surface area contributed by atoms with Crippen molar-refractivity contribution in [3.05, 3.63) is 88.4 Å². The minimum atomic E-state index is -0.441. The lowest BCUT2D eigenvalue weighted by Crippen LogP contribution is -2.65. The van der Waals surface area contributed by atoms with E-state index in [1.807, 2.05) is 53.2 Å². The fourth-order valence-electron chi connectivity index (χ4n) is 5.55. The Morgan fingerprint density at radius 1 is 1.09 bits per heavy atom. The molecule has 0 saturated carbocycles. The topological polar surface area (TPSA) is 47.6 Å². The highest BCUT2D eigenvalue weighted by Crippen LogP contribution is 2.36. The number of rotatable bonds is 9. The molecule has 3 aliphatic heterocycles. The van der Waals surface area contributed by atoms with Crippen molar-refractivity contribution in [2.75, 3.05) is 32.8 Å². The van der Waals surface area contributed by atoms with Crippen molar-refractivity contribution in [2.45, 2.75) is 31.4 Å². The number of nitrogens with zero attached hydrogens (tertiary/aromatic N) is 1. The van der Waals surface area contributed by atoms with Gasteiger partial charge in [0.15, 0.2) is 6.10 Å². The molecule has 3 aliphatic rings. The number of piperidine rings is 3. The number of nitrogens with one attached hydrogen (secondary N) is 1. The summed E-state index contributed by atoms with van der Waals surface area (Å²) in [6, 6.07) is 17.8. The maximum Gasteiger partial charge on any atom is 0.408 e. The molecule has 2 aromatic carbocycles. The average Bonchev–Trinajstić information content (AvgIpc) is 3.41. The number of hydrogen-bond donors (Lipinski definition) is 1. The predicted octanol–water partition coefficient (Wildman–Crippen LogP) is 5.78. The summed E-state index contributed by atoms with van der Waals surface area (Å²) in [5, 5.41) is 6.93. The van der Waals surface area contributed by atoms with Crippen molar-refractivity contribution in [3.63, 3.8) is 0 Å². The fourth-order valence-corrected chi connectivity index (χ4v) is 6.24. The first-order valence-corrected chi connectivity index (χ1v) is 13.3. The average molecular weight is 496 g/mol. The Labute approximate surface area is 210 Å². The van der Waals surface area contributed by atoms with E-state index in [1.54, 1.807) is 17.4 Å². The normalized spacial score (nSPS) is 24.0. The molecule has 3 fully saturated rings. The second kappa shape index (κ2) is 10.8. The summed E-state index contributed by atoms with van der Waals surface area (Å²) in [7, 11) is 0. The van der Waals surface area contributed by atoms with E-state index in [2.05, 4.69) is 5.32 Å². The number of amides is 1. The Morgan fingerprint density at radius 3 is 2.66 bits per heavy atom. The van der Waals surface area contributed by atoms with E-state index >= 15 is 0 Å². The number of fused-ring (bicyclic) bond motifs is 3.